The van der Waals surface area contributed by atoms with Crippen molar-refractivity contribution >= 4 is 17.5 Å². The molecule has 2 saturated carbocycles. The molecule has 1 unspecified atom stereocenters. The third-order valence-electron chi connectivity index (χ3n) is 5.41. The number of anilines is 1. The van der Waals surface area contributed by atoms with Crippen molar-refractivity contribution in [1.29, 1.82) is 0 Å². The molecular formula is C21H25N3O4. The van der Waals surface area contributed by atoms with Gasteiger partial charge in [0, 0.05) is 23.2 Å². The highest BCUT2D eigenvalue weighted by molar-refractivity contribution is 6.04. The van der Waals surface area contributed by atoms with E-state index >= 15 is 0 Å². The number of aliphatic hydroxyl groups is 1. The highest BCUT2D eigenvalue weighted by atomic mass is 16.3. The Morgan fingerprint density at radius 1 is 1.18 bits per heavy atom. The quantitative estimate of drug-likeness (QED) is 0.736. The van der Waals surface area contributed by atoms with E-state index in [-0.39, 0.29) is 29.7 Å². The molecule has 2 atom stereocenters. The van der Waals surface area contributed by atoms with E-state index < -0.39 is 0 Å². The highest BCUT2D eigenvalue weighted by Gasteiger charge is 2.29. The lowest BCUT2D eigenvalue weighted by Crippen LogP contribution is -2.39. The van der Waals surface area contributed by atoms with Gasteiger partial charge in [-0.2, -0.15) is 0 Å². The number of amides is 2. The number of rotatable bonds is 5. The highest BCUT2D eigenvalue weighted by Crippen LogP contribution is 2.39. The maximum atomic E-state index is 12.6. The van der Waals surface area contributed by atoms with E-state index in [1.165, 1.54) is 6.26 Å². The maximum Gasteiger partial charge on any atom is 0.277 e. The topological polar surface area (TPSA) is 104 Å². The molecular weight excluding hydrogens is 358 g/mol. The van der Waals surface area contributed by atoms with Crippen LogP contribution >= 0.6 is 0 Å². The van der Waals surface area contributed by atoms with Crippen molar-refractivity contribution in [2.24, 2.45) is 0 Å². The predicted octanol–water partition coefficient (Wildman–Crippen LogP) is 3.15. The average Bonchev–Trinajstić information content (AvgIpc) is 3.40. The Morgan fingerprint density at radius 2 is 2.00 bits per heavy atom. The standard InChI is InChI=1S/C21H25N3O4/c1-12-5-6-14(19(26)22-15-3-2-4-16(25)10-15)9-17(12)23-20(27)18-11-28-21(24-18)13-7-8-13/h5-6,9,11,13,15-16,25H,2-4,7-8,10H2,1H3,(H,22,26)(H,23,27)/t15?,16-/m0/s1. The molecule has 0 spiro atoms. The number of aryl methyl sites for hydroxylation is 1. The number of hydrogen-bond acceptors (Lipinski definition) is 5. The third kappa shape index (κ3) is 4.25. The van der Waals surface area contributed by atoms with Gasteiger partial charge in [0.1, 0.15) is 6.26 Å². The van der Waals surface area contributed by atoms with Crippen LogP contribution in [0.15, 0.2) is 28.9 Å². The van der Waals surface area contributed by atoms with Gasteiger partial charge in [-0.15, -0.1) is 0 Å². The van der Waals surface area contributed by atoms with E-state index in [2.05, 4.69) is 15.6 Å². The van der Waals surface area contributed by atoms with E-state index in [4.69, 9.17) is 4.42 Å². The van der Waals surface area contributed by atoms with Gasteiger partial charge in [0.2, 0.25) is 0 Å². The zero-order valence-corrected chi connectivity index (χ0v) is 15.9. The minimum absolute atomic E-state index is 0.0217. The number of oxazole rings is 1. The molecule has 2 aliphatic carbocycles. The summed E-state index contributed by atoms with van der Waals surface area (Å²) in [4.78, 5) is 29.3. The first-order valence-electron chi connectivity index (χ1n) is 9.86. The van der Waals surface area contributed by atoms with Gasteiger partial charge in [-0.25, -0.2) is 4.98 Å². The molecule has 0 aliphatic heterocycles. The third-order valence-corrected chi connectivity index (χ3v) is 5.41. The Bertz CT molecular complexity index is 888. The van der Waals surface area contributed by atoms with Crippen LogP contribution in [0.5, 0.6) is 0 Å². The summed E-state index contributed by atoms with van der Waals surface area (Å²) < 4.78 is 5.38. The van der Waals surface area contributed by atoms with Crippen molar-refractivity contribution in [2.45, 2.75) is 63.5 Å². The number of nitrogens with zero attached hydrogens (tertiary/aromatic N) is 1. The fourth-order valence-corrected chi connectivity index (χ4v) is 3.56. The minimum atomic E-state index is -0.355. The second-order valence-electron chi connectivity index (χ2n) is 7.82. The molecule has 28 heavy (non-hydrogen) atoms. The van der Waals surface area contributed by atoms with Crippen LogP contribution in [0.1, 0.15) is 76.7 Å². The van der Waals surface area contributed by atoms with E-state index in [1.54, 1.807) is 18.2 Å². The molecule has 7 nitrogen and oxygen atoms in total. The molecule has 1 aromatic carbocycles. The summed E-state index contributed by atoms with van der Waals surface area (Å²) in [6, 6.07) is 5.19. The van der Waals surface area contributed by atoms with Crippen molar-refractivity contribution in [3.8, 4) is 0 Å². The van der Waals surface area contributed by atoms with Crippen molar-refractivity contribution in [2.75, 3.05) is 5.32 Å². The molecule has 2 fully saturated rings. The monoisotopic (exact) mass is 383 g/mol. The van der Waals surface area contributed by atoms with Crippen LogP contribution in [0.2, 0.25) is 0 Å². The summed E-state index contributed by atoms with van der Waals surface area (Å²) in [5, 5.41) is 15.6. The van der Waals surface area contributed by atoms with Crippen LogP contribution in [0.25, 0.3) is 0 Å². The Morgan fingerprint density at radius 3 is 2.75 bits per heavy atom. The van der Waals surface area contributed by atoms with Crippen molar-refractivity contribution in [3.63, 3.8) is 0 Å². The summed E-state index contributed by atoms with van der Waals surface area (Å²) in [5.74, 6) is 0.400. The molecule has 148 valence electrons. The largest absolute Gasteiger partial charge is 0.448 e. The molecule has 0 bridgehead atoms. The summed E-state index contributed by atoms with van der Waals surface area (Å²) in [7, 11) is 0. The Balaban J connectivity index is 1.43. The zero-order chi connectivity index (χ0) is 19.7. The summed E-state index contributed by atoms with van der Waals surface area (Å²) >= 11 is 0. The average molecular weight is 383 g/mol. The van der Waals surface area contributed by atoms with Crippen LogP contribution in [0.4, 0.5) is 5.69 Å². The number of nitrogens with one attached hydrogen (secondary N) is 2. The molecule has 2 amide bonds. The lowest BCUT2D eigenvalue weighted by Gasteiger charge is -2.26. The van der Waals surface area contributed by atoms with E-state index in [9.17, 15) is 14.7 Å². The summed E-state index contributed by atoms with van der Waals surface area (Å²) in [6.45, 7) is 1.87. The lowest BCUT2D eigenvalue weighted by molar-refractivity contribution is 0.0849. The van der Waals surface area contributed by atoms with Gasteiger partial charge in [0.05, 0.1) is 6.10 Å². The van der Waals surface area contributed by atoms with Crippen molar-refractivity contribution in [3.05, 3.63) is 47.2 Å². The van der Waals surface area contributed by atoms with Crippen molar-refractivity contribution in [1.82, 2.24) is 10.3 Å². The second kappa shape index (κ2) is 7.75. The zero-order valence-electron chi connectivity index (χ0n) is 15.9. The molecule has 0 saturated heterocycles. The predicted molar refractivity (Wildman–Crippen MR) is 103 cm³/mol. The van der Waals surface area contributed by atoms with E-state index in [0.29, 0.717) is 29.5 Å². The van der Waals surface area contributed by atoms with E-state index in [0.717, 1.165) is 37.7 Å². The van der Waals surface area contributed by atoms with Gasteiger partial charge >= 0.3 is 0 Å². The normalized spacial score (nSPS) is 21.9. The Hall–Kier alpha value is -2.67. The summed E-state index contributed by atoms with van der Waals surface area (Å²) in [5.41, 5.74) is 2.13. The number of benzene rings is 1. The molecule has 4 rings (SSSR count). The fourth-order valence-electron chi connectivity index (χ4n) is 3.56. The fraction of sp³-hybridized carbons (Fsp3) is 0.476. The summed E-state index contributed by atoms with van der Waals surface area (Å²) in [6.07, 6.45) is 6.27. The lowest BCUT2D eigenvalue weighted by atomic mass is 9.93. The first kappa shape index (κ1) is 18.7. The molecule has 3 N–H and O–H groups in total. The van der Waals surface area contributed by atoms with Gasteiger partial charge in [-0.05, 0) is 63.1 Å². The molecule has 2 aromatic rings. The first-order chi connectivity index (χ1) is 13.5. The molecule has 1 heterocycles. The van der Waals surface area contributed by atoms with Crippen LogP contribution < -0.4 is 10.6 Å². The SMILES string of the molecule is Cc1ccc(C(=O)NC2CCC[C@H](O)C2)cc1NC(=O)c1coc(C2CC2)n1. The van der Waals surface area contributed by atoms with Crippen LogP contribution in [0.3, 0.4) is 0 Å². The van der Waals surface area contributed by atoms with Crippen LogP contribution in [0, 0.1) is 6.92 Å². The van der Waals surface area contributed by atoms with Crippen molar-refractivity contribution < 1.29 is 19.1 Å². The molecule has 7 heteroatoms. The number of carbonyl (C=O) groups excluding carboxylic acids is 2. The molecule has 0 radical (unpaired) electrons. The number of carbonyl (C=O) groups is 2. The van der Waals surface area contributed by atoms with Crippen LogP contribution in [-0.2, 0) is 0 Å². The van der Waals surface area contributed by atoms with Crippen LogP contribution in [-0.4, -0.2) is 34.1 Å². The second-order valence-corrected chi connectivity index (χ2v) is 7.82. The number of hydrogen-bond donors (Lipinski definition) is 3. The maximum absolute atomic E-state index is 12.6. The molecule has 2 aliphatic rings. The van der Waals surface area contributed by atoms with Gasteiger partial charge < -0.3 is 20.2 Å². The first-order valence-corrected chi connectivity index (χ1v) is 9.86. The van der Waals surface area contributed by atoms with Gasteiger partial charge in [0.15, 0.2) is 11.6 Å². The van der Waals surface area contributed by atoms with E-state index in [1.807, 2.05) is 6.92 Å². The molecule has 1 aromatic heterocycles. The van der Waals surface area contributed by atoms with Gasteiger partial charge in [0.25, 0.3) is 11.8 Å². The Labute approximate surface area is 163 Å². The minimum Gasteiger partial charge on any atom is -0.448 e. The Kier molecular flexibility index (Phi) is 5.17. The number of aromatic nitrogens is 1. The smallest absolute Gasteiger partial charge is 0.277 e. The van der Waals surface area contributed by atoms with Gasteiger partial charge in [-0.1, -0.05) is 6.07 Å². The van der Waals surface area contributed by atoms with Gasteiger partial charge in [-0.3, -0.25) is 9.59 Å². The number of aliphatic hydroxyl groups excluding tert-OH is 1.